The fourth-order valence-electron chi connectivity index (χ4n) is 3.99. The number of aliphatic hydroxyl groups is 1. The predicted octanol–water partition coefficient (Wildman–Crippen LogP) is 3.07. The molecule has 124 valence electrons. The van der Waals surface area contributed by atoms with Crippen LogP contribution in [-0.2, 0) is 9.22 Å². The average Bonchev–Trinajstić information content (AvgIpc) is 2.79. The molecule has 1 amide bonds. The Hall–Kier alpha value is -0.393. The number of hydrogen-bond donors (Lipinski definition) is 2. The number of aliphatic hydroxyl groups excluding tert-OH is 1. The minimum Gasteiger partial charge on any atom is -0.416 e. The summed E-state index contributed by atoms with van der Waals surface area (Å²) in [7, 11) is -1.84. The molecule has 0 bridgehead atoms. The standard InChI is InChI=1S/C16H33NO3Si/c1-11(2)21(12(3)4,13(5)6)20-8-7-15(18)14-9-16(19)17-10-14/h11-15,18H,7-10H2,1-6H3,(H,17,19)/t14-,15?/m1/s1. The Labute approximate surface area is 130 Å². The molecule has 1 unspecified atom stereocenters. The normalized spacial score (nSPS) is 21.4. The maximum absolute atomic E-state index is 11.2. The first-order valence-corrected chi connectivity index (χ1v) is 10.4. The second-order valence-corrected chi connectivity index (χ2v) is 12.8. The van der Waals surface area contributed by atoms with E-state index in [1.165, 1.54) is 0 Å². The van der Waals surface area contributed by atoms with Crippen molar-refractivity contribution in [2.75, 3.05) is 13.2 Å². The van der Waals surface area contributed by atoms with E-state index in [1.807, 2.05) is 0 Å². The van der Waals surface area contributed by atoms with Crippen LogP contribution in [0.15, 0.2) is 0 Å². The first kappa shape index (κ1) is 18.7. The van der Waals surface area contributed by atoms with E-state index < -0.39 is 14.4 Å². The van der Waals surface area contributed by atoms with Gasteiger partial charge < -0.3 is 14.8 Å². The Morgan fingerprint density at radius 3 is 2.10 bits per heavy atom. The molecule has 1 aliphatic rings. The summed E-state index contributed by atoms with van der Waals surface area (Å²) in [6.45, 7) is 14.8. The number of amides is 1. The molecular formula is C16H33NO3Si. The highest BCUT2D eigenvalue weighted by molar-refractivity contribution is 6.77. The highest BCUT2D eigenvalue weighted by Gasteiger charge is 2.45. The lowest BCUT2D eigenvalue weighted by molar-refractivity contribution is -0.119. The fraction of sp³-hybridized carbons (Fsp3) is 0.938. The van der Waals surface area contributed by atoms with Gasteiger partial charge in [-0.05, 0) is 23.0 Å². The van der Waals surface area contributed by atoms with Crippen LogP contribution in [0.4, 0.5) is 0 Å². The number of nitrogens with one attached hydrogen (secondary N) is 1. The van der Waals surface area contributed by atoms with Gasteiger partial charge >= 0.3 is 0 Å². The third-order valence-corrected chi connectivity index (χ3v) is 11.1. The molecule has 0 aliphatic carbocycles. The molecule has 0 radical (unpaired) electrons. The van der Waals surface area contributed by atoms with Crippen LogP contribution in [0.1, 0.15) is 54.4 Å². The summed E-state index contributed by atoms with van der Waals surface area (Å²) in [5, 5.41) is 13.0. The van der Waals surface area contributed by atoms with Gasteiger partial charge in [0.05, 0.1) is 6.10 Å². The van der Waals surface area contributed by atoms with Crippen molar-refractivity contribution in [2.24, 2.45) is 5.92 Å². The second-order valence-electron chi connectivity index (χ2n) is 7.29. The molecule has 5 heteroatoms. The maximum Gasteiger partial charge on any atom is 0.220 e. The molecule has 0 aromatic heterocycles. The maximum atomic E-state index is 11.2. The summed E-state index contributed by atoms with van der Waals surface area (Å²) in [6.07, 6.45) is 0.630. The van der Waals surface area contributed by atoms with Gasteiger partial charge in [0.1, 0.15) is 0 Å². The van der Waals surface area contributed by atoms with Gasteiger partial charge in [-0.3, -0.25) is 4.79 Å². The summed E-state index contributed by atoms with van der Waals surface area (Å²) >= 11 is 0. The molecule has 21 heavy (non-hydrogen) atoms. The smallest absolute Gasteiger partial charge is 0.220 e. The number of carbonyl (C=O) groups excluding carboxylic acids is 1. The van der Waals surface area contributed by atoms with Crippen molar-refractivity contribution in [2.45, 2.75) is 77.1 Å². The summed E-state index contributed by atoms with van der Waals surface area (Å²) < 4.78 is 6.44. The van der Waals surface area contributed by atoms with Gasteiger partial charge in [0.15, 0.2) is 8.32 Å². The Morgan fingerprint density at radius 1 is 1.19 bits per heavy atom. The molecule has 1 fully saturated rings. The SMILES string of the molecule is CC(C)[Si](OCCC(O)[C@H]1CNC(=O)C1)(C(C)C)C(C)C. The van der Waals surface area contributed by atoms with Crippen molar-refractivity contribution >= 4 is 14.2 Å². The zero-order chi connectivity index (χ0) is 16.2. The molecule has 1 aliphatic heterocycles. The first-order chi connectivity index (χ1) is 9.71. The van der Waals surface area contributed by atoms with Crippen LogP contribution in [0, 0.1) is 5.92 Å². The molecule has 4 nitrogen and oxygen atoms in total. The number of carbonyl (C=O) groups is 1. The number of rotatable bonds is 8. The number of hydrogen-bond acceptors (Lipinski definition) is 3. The highest BCUT2D eigenvalue weighted by Crippen LogP contribution is 2.42. The van der Waals surface area contributed by atoms with E-state index in [0.29, 0.717) is 42.6 Å². The van der Waals surface area contributed by atoms with E-state index in [9.17, 15) is 9.90 Å². The van der Waals surface area contributed by atoms with Crippen LogP contribution in [0.25, 0.3) is 0 Å². The molecule has 1 heterocycles. The lowest BCUT2D eigenvalue weighted by Gasteiger charge is -2.42. The van der Waals surface area contributed by atoms with Crippen LogP contribution in [0.2, 0.25) is 16.6 Å². The van der Waals surface area contributed by atoms with Gasteiger partial charge in [-0.25, -0.2) is 0 Å². The Bertz CT molecular complexity index is 323. The molecule has 0 spiro atoms. The van der Waals surface area contributed by atoms with Gasteiger partial charge in [-0.1, -0.05) is 41.5 Å². The Kier molecular flexibility index (Phi) is 6.88. The predicted molar refractivity (Wildman–Crippen MR) is 88.7 cm³/mol. The van der Waals surface area contributed by atoms with E-state index in [4.69, 9.17) is 4.43 Å². The van der Waals surface area contributed by atoms with Gasteiger partial charge in [0.25, 0.3) is 0 Å². The molecule has 2 atom stereocenters. The van der Waals surface area contributed by atoms with Crippen LogP contribution >= 0.6 is 0 Å². The fourth-order valence-corrected chi connectivity index (χ4v) is 9.46. The van der Waals surface area contributed by atoms with Gasteiger partial charge in [0, 0.05) is 25.5 Å². The van der Waals surface area contributed by atoms with Crippen LogP contribution in [0.3, 0.4) is 0 Å². The van der Waals surface area contributed by atoms with E-state index in [2.05, 4.69) is 46.9 Å². The molecular weight excluding hydrogens is 282 g/mol. The third-order valence-electron chi connectivity index (χ3n) is 5.03. The van der Waals surface area contributed by atoms with Crippen LogP contribution in [-0.4, -0.2) is 38.6 Å². The Balaban J connectivity index is 2.56. The summed E-state index contributed by atoms with van der Waals surface area (Å²) in [5.74, 6) is 0.101. The van der Waals surface area contributed by atoms with Crippen LogP contribution in [0.5, 0.6) is 0 Å². The summed E-state index contributed by atoms with van der Waals surface area (Å²) in [6, 6.07) is 0. The van der Waals surface area contributed by atoms with Crippen LogP contribution < -0.4 is 5.32 Å². The monoisotopic (exact) mass is 315 g/mol. The van der Waals surface area contributed by atoms with Crippen molar-refractivity contribution in [1.82, 2.24) is 5.32 Å². The van der Waals surface area contributed by atoms with Gasteiger partial charge in [-0.15, -0.1) is 0 Å². The molecule has 0 aromatic carbocycles. The van der Waals surface area contributed by atoms with E-state index in [-0.39, 0.29) is 11.8 Å². The lowest BCUT2D eigenvalue weighted by Crippen LogP contribution is -2.48. The topological polar surface area (TPSA) is 58.6 Å². The first-order valence-electron chi connectivity index (χ1n) is 8.30. The summed E-state index contributed by atoms with van der Waals surface area (Å²) in [5.41, 5.74) is 1.68. The molecule has 0 saturated carbocycles. The molecule has 1 saturated heterocycles. The molecule has 1 rings (SSSR count). The molecule has 0 aromatic rings. The van der Waals surface area contributed by atoms with Crippen molar-refractivity contribution in [3.63, 3.8) is 0 Å². The minimum absolute atomic E-state index is 0.0503. The largest absolute Gasteiger partial charge is 0.416 e. The van der Waals surface area contributed by atoms with E-state index >= 15 is 0 Å². The van der Waals surface area contributed by atoms with Crippen molar-refractivity contribution < 1.29 is 14.3 Å². The van der Waals surface area contributed by atoms with Crippen molar-refractivity contribution in [3.05, 3.63) is 0 Å². The van der Waals surface area contributed by atoms with E-state index in [1.54, 1.807) is 0 Å². The zero-order valence-corrected chi connectivity index (χ0v) is 15.5. The van der Waals surface area contributed by atoms with Gasteiger partial charge in [-0.2, -0.15) is 0 Å². The highest BCUT2D eigenvalue weighted by atomic mass is 28.4. The minimum atomic E-state index is -1.84. The van der Waals surface area contributed by atoms with Crippen molar-refractivity contribution in [3.8, 4) is 0 Å². The average molecular weight is 316 g/mol. The summed E-state index contributed by atoms with van der Waals surface area (Å²) in [4.78, 5) is 11.2. The molecule has 2 N–H and O–H groups in total. The van der Waals surface area contributed by atoms with Gasteiger partial charge in [0.2, 0.25) is 5.91 Å². The van der Waals surface area contributed by atoms with Crippen molar-refractivity contribution in [1.29, 1.82) is 0 Å². The quantitative estimate of drug-likeness (QED) is 0.677. The lowest BCUT2D eigenvalue weighted by atomic mass is 9.99. The Morgan fingerprint density at radius 2 is 1.71 bits per heavy atom. The third kappa shape index (κ3) is 4.30. The zero-order valence-electron chi connectivity index (χ0n) is 14.5. The second kappa shape index (κ2) is 7.74. The van der Waals surface area contributed by atoms with E-state index in [0.717, 1.165) is 0 Å².